The van der Waals surface area contributed by atoms with Crippen molar-refractivity contribution in [1.82, 2.24) is 4.90 Å². The average Bonchev–Trinajstić information content (AvgIpc) is 1.07. The molecule has 4 rings (SSSR count). The van der Waals surface area contributed by atoms with E-state index < -0.39 is 103 Å². The molecule has 4 aliphatic heterocycles. The molecule has 4 aliphatic rings. The van der Waals surface area contributed by atoms with E-state index in [1.54, 1.807) is 14.2 Å². The first-order chi connectivity index (χ1) is 41.9. The van der Waals surface area contributed by atoms with E-state index in [1.165, 1.54) is 0 Å². The number of carbonyl (C=O) groups excluding carboxylic acids is 1. The van der Waals surface area contributed by atoms with Gasteiger partial charge < -0.3 is 64.9 Å². The van der Waals surface area contributed by atoms with Crippen molar-refractivity contribution in [3.63, 3.8) is 0 Å². The molecule has 2 unspecified atom stereocenters. The summed E-state index contributed by atoms with van der Waals surface area (Å²) < 4.78 is 93.7. The second-order valence-corrected chi connectivity index (χ2v) is 54.8. The van der Waals surface area contributed by atoms with Gasteiger partial charge in [-0.2, -0.15) is 0 Å². The average molecular weight is 1360 g/mol. The number of cyclic esters (lactones) is 1. The molecule has 0 N–H and O–H groups in total. The minimum absolute atomic E-state index is 0.00760. The van der Waals surface area contributed by atoms with Gasteiger partial charge in [0.25, 0.3) is 0 Å². The maximum absolute atomic E-state index is 15.6. The maximum atomic E-state index is 15.6. The minimum atomic E-state index is -2.50. The number of nitrogens with zero attached hydrogens (tertiary/aromatic N) is 1. The van der Waals surface area contributed by atoms with Crippen molar-refractivity contribution >= 4 is 47.6 Å². The minimum Gasteiger partial charge on any atom is -0.461 e. The summed E-state index contributed by atoms with van der Waals surface area (Å²) in [5.41, 5.74) is 1.01. The lowest BCUT2D eigenvalue weighted by Crippen LogP contribution is -2.68. The topological polar surface area (TPSA) is 140 Å². The summed E-state index contributed by atoms with van der Waals surface area (Å²) in [6.45, 7) is 58.7. The van der Waals surface area contributed by atoms with Gasteiger partial charge in [0.15, 0.2) is 54.2 Å². The van der Waals surface area contributed by atoms with Gasteiger partial charge in [-0.1, -0.05) is 148 Å². The molecule has 20 atom stereocenters. The number of allylic oxidation sites excluding steroid dienone is 2. The third-order valence-electron chi connectivity index (χ3n) is 23.4. The summed E-state index contributed by atoms with van der Waals surface area (Å²) in [5, 5.41) is -0.181. The van der Waals surface area contributed by atoms with Crippen molar-refractivity contribution in [2.24, 2.45) is 29.6 Å². The van der Waals surface area contributed by atoms with E-state index in [0.717, 1.165) is 66.4 Å². The molecule has 0 aromatic rings. The first-order valence-corrected chi connectivity index (χ1v) is 49.2. The Hall–Kier alpha value is -0.486. The van der Waals surface area contributed by atoms with Gasteiger partial charge in [-0.05, 0) is 157 Å². The number of carbonyl (C=O) groups is 1. The van der Waals surface area contributed by atoms with Crippen LogP contribution in [-0.2, 0) is 64.8 Å². The van der Waals surface area contributed by atoms with Crippen molar-refractivity contribution in [2.75, 3.05) is 34.9 Å². The van der Waals surface area contributed by atoms with Crippen molar-refractivity contribution < 1.29 is 64.8 Å². The van der Waals surface area contributed by atoms with Gasteiger partial charge in [0.2, 0.25) is 0 Å². The van der Waals surface area contributed by atoms with E-state index in [4.69, 9.17) is 60.0 Å². The lowest BCUT2D eigenvalue weighted by Gasteiger charge is -2.53. The molecule has 528 valence electrons. The van der Waals surface area contributed by atoms with Gasteiger partial charge in [0.1, 0.15) is 30.7 Å². The summed E-state index contributed by atoms with van der Waals surface area (Å²) in [7, 11) is -3.68. The smallest absolute Gasteiger partial charge is 0.311 e. The monoisotopic (exact) mass is 1360 g/mol. The van der Waals surface area contributed by atoms with Crippen molar-refractivity contribution in [3.8, 4) is 0 Å². The SMILES string of the molecule is CC[C@H]1OC(=O)[C@H](C)[C@H]2OC(O[Si](C)(C)C(C)(C)C)C[C@@H](C[C@@H](C)C(O[Si](C)(C)C(C)(C)C)/C=C/C(C)=C/[C@@H]1CO[C@@H]1O[C@H](C)[C@@H](O[Si](CC)(CC)CC)[C@@H](OC)[C@H]1OC)[C@H](O[C@@H]1O[C@H](C)[C@@H](O[Si](CC)(CC)CC)[C@H](N(C)C)[C@H]1O[Si](CC)(CC)CC)[C@H]2C. The van der Waals surface area contributed by atoms with E-state index in [1.807, 2.05) is 13.8 Å². The summed E-state index contributed by atoms with van der Waals surface area (Å²) in [6, 6.07) is 8.83. The van der Waals surface area contributed by atoms with Crippen LogP contribution >= 0.6 is 0 Å². The molecule has 3 fully saturated rings. The van der Waals surface area contributed by atoms with Crippen molar-refractivity contribution in [1.29, 1.82) is 0 Å². The summed E-state index contributed by atoms with van der Waals surface area (Å²) in [5.74, 6) is -1.94. The molecule has 0 amide bonds. The summed E-state index contributed by atoms with van der Waals surface area (Å²) >= 11 is 0. The van der Waals surface area contributed by atoms with E-state index in [9.17, 15) is 0 Å². The van der Waals surface area contributed by atoms with Gasteiger partial charge in [0, 0.05) is 32.5 Å². The van der Waals surface area contributed by atoms with E-state index in [2.05, 4.69) is 202 Å². The van der Waals surface area contributed by atoms with Crippen LogP contribution < -0.4 is 0 Å². The molecule has 3 saturated heterocycles. The molecule has 90 heavy (non-hydrogen) atoms. The Kier molecular flexibility index (Phi) is 31.7. The molecule has 0 aliphatic carbocycles. The molecular formula is C70H139NO14Si5. The quantitative estimate of drug-likeness (QED) is 0.0542. The Morgan fingerprint density at radius 3 is 1.51 bits per heavy atom. The second kappa shape index (κ2) is 34.8. The summed E-state index contributed by atoms with van der Waals surface area (Å²) in [4.78, 5) is 17.9. The van der Waals surface area contributed by atoms with Crippen LogP contribution in [0.4, 0.5) is 0 Å². The molecule has 20 heteroatoms. The highest BCUT2D eigenvalue weighted by Gasteiger charge is 2.56. The second-order valence-electron chi connectivity index (χ2n) is 31.1. The van der Waals surface area contributed by atoms with E-state index in [0.29, 0.717) is 12.8 Å². The number of fused-ring (bicyclic) bond motifs is 3. The molecule has 4 heterocycles. The predicted octanol–water partition coefficient (Wildman–Crippen LogP) is 16.9. The van der Waals surface area contributed by atoms with Crippen LogP contribution in [0.3, 0.4) is 0 Å². The molecule has 15 nitrogen and oxygen atoms in total. The maximum Gasteiger partial charge on any atom is 0.311 e. The van der Waals surface area contributed by atoms with Crippen LogP contribution in [0.25, 0.3) is 0 Å². The molecule has 0 saturated carbocycles. The first kappa shape index (κ1) is 81.9. The number of likely N-dealkylation sites (N-methyl/N-ethyl adjacent to an activating group) is 1. The lowest BCUT2D eigenvalue weighted by atomic mass is 9.78. The van der Waals surface area contributed by atoms with Crippen LogP contribution in [0, 0.1) is 29.6 Å². The Morgan fingerprint density at radius 2 is 1.04 bits per heavy atom. The van der Waals surface area contributed by atoms with Gasteiger partial charge in [0.05, 0.1) is 61.3 Å². The number of ether oxygens (including phenoxy) is 8. The fourth-order valence-electron chi connectivity index (χ4n) is 14.2. The van der Waals surface area contributed by atoms with Crippen molar-refractivity contribution in [2.45, 2.75) is 354 Å². The highest BCUT2D eigenvalue weighted by atomic mass is 28.4. The van der Waals surface area contributed by atoms with Crippen molar-refractivity contribution in [3.05, 3.63) is 23.8 Å². The zero-order valence-electron chi connectivity index (χ0n) is 63.1. The van der Waals surface area contributed by atoms with Gasteiger partial charge in [-0.25, -0.2) is 0 Å². The van der Waals surface area contributed by atoms with E-state index >= 15 is 4.79 Å². The molecule has 0 aromatic carbocycles. The standard InChI is InChI=1S/C70H139NO14Si5/c1-31-55-54(46-75-67-65(74-26)64(73-25)62(52(16)76-67)84-89(35-5,36-6)37-7)43-47(11)41-42-56(81-86(27,28)69(17,18)19)48(12)44-53-45-57(82-87(29,30)70(20,21)22)79-59(50(14)66(72)78-55)49(13)60(53)80-68-63(85-90(38-8,39-9)40-10)58(71(23)24)61(51(15)77-68)83-88(32-2,33-3)34-4/h41-43,48-65,67-68H,31-40,44-46H2,1-30H3/b42-41+,47-43+/t48-,49+,50-,51-,52-,53-,54-,55-,56?,57?,58+,59+,60-,61-,62-,63-,64-,65-,67-,68+/m1/s1. The zero-order valence-corrected chi connectivity index (χ0v) is 68.1. The predicted molar refractivity (Wildman–Crippen MR) is 381 cm³/mol. The highest BCUT2D eigenvalue weighted by Crippen LogP contribution is 2.47. The number of hydrogen-bond donors (Lipinski definition) is 0. The third-order valence-corrected chi connectivity index (χ3v) is 46.2. The fraction of sp³-hybridized carbons (Fsp3) is 0.929. The van der Waals surface area contributed by atoms with Crippen LogP contribution in [-0.4, -0.2) is 179 Å². The first-order valence-electron chi connectivity index (χ1n) is 35.8. The van der Waals surface area contributed by atoms with E-state index in [-0.39, 0.29) is 82.9 Å². The molecule has 0 aromatic heterocycles. The van der Waals surface area contributed by atoms with Crippen LogP contribution in [0.5, 0.6) is 0 Å². The third kappa shape index (κ3) is 19.9. The molecular weight excluding hydrogens is 1220 g/mol. The number of esters is 1. The Balaban J connectivity index is 2.01. The van der Waals surface area contributed by atoms with Gasteiger partial charge >= 0.3 is 5.97 Å². The van der Waals surface area contributed by atoms with Crippen LogP contribution in [0.1, 0.15) is 172 Å². The highest BCUT2D eigenvalue weighted by molar-refractivity contribution is 6.75. The van der Waals surface area contributed by atoms with Crippen LogP contribution in [0.15, 0.2) is 23.8 Å². The Morgan fingerprint density at radius 1 is 0.578 bits per heavy atom. The number of hydrogen-bond acceptors (Lipinski definition) is 15. The fourth-order valence-corrected chi connectivity index (χ4v) is 25.4. The largest absolute Gasteiger partial charge is 0.461 e. The zero-order chi connectivity index (χ0) is 68.3. The number of methoxy groups -OCH3 is 2. The lowest BCUT2D eigenvalue weighted by molar-refractivity contribution is -0.301. The van der Waals surface area contributed by atoms with Crippen LogP contribution in [0.2, 0.25) is 90.7 Å². The summed E-state index contributed by atoms with van der Waals surface area (Å²) in [6.07, 6.45) is 1.63. The molecule has 2 bridgehead atoms. The Bertz CT molecular complexity index is 2170. The molecule has 0 spiro atoms. The van der Waals surface area contributed by atoms with Gasteiger partial charge in [-0.15, -0.1) is 0 Å². The normalized spacial score (nSPS) is 35.5. The number of rotatable bonds is 28. The van der Waals surface area contributed by atoms with Gasteiger partial charge in [-0.3, -0.25) is 4.79 Å². The Labute approximate surface area is 556 Å². The molecule has 0 radical (unpaired) electrons.